The van der Waals surface area contributed by atoms with Gasteiger partial charge in [0.15, 0.2) is 17.2 Å². The highest BCUT2D eigenvalue weighted by molar-refractivity contribution is 6.07. The number of primary amides is 1. The number of anilines is 3. The normalized spacial score (nSPS) is 19.4. The minimum atomic E-state index is -0.652. The van der Waals surface area contributed by atoms with Gasteiger partial charge in [-0.15, -0.1) is 0 Å². The van der Waals surface area contributed by atoms with Gasteiger partial charge in [-0.1, -0.05) is 18.2 Å². The van der Waals surface area contributed by atoms with Crippen LogP contribution >= 0.6 is 0 Å². The number of fused-ring (bicyclic) bond motifs is 3. The average molecular weight is 610 g/mol. The Labute approximate surface area is 263 Å². The molecule has 0 unspecified atom stereocenters. The van der Waals surface area contributed by atoms with Crippen molar-refractivity contribution in [2.45, 2.75) is 44.7 Å². The van der Waals surface area contributed by atoms with Gasteiger partial charge in [-0.2, -0.15) is 0 Å². The highest BCUT2D eigenvalue weighted by Crippen LogP contribution is 2.32. The first-order valence-electron chi connectivity index (χ1n) is 16.2. The number of aromatic nitrogens is 3. The lowest BCUT2D eigenvalue weighted by molar-refractivity contribution is 0.0695. The highest BCUT2D eigenvalue weighted by Gasteiger charge is 2.27. The second-order valence-electron chi connectivity index (χ2n) is 12.7. The number of ether oxygens (including phenoxy) is 1. The van der Waals surface area contributed by atoms with Crippen LogP contribution in [0, 0.1) is 12.3 Å². The number of nitrogens with zero attached hydrogens (tertiary/aromatic N) is 6. The minimum absolute atomic E-state index is 0.0416. The Bertz CT molecular complexity index is 1770. The molecule has 0 bridgehead atoms. The van der Waals surface area contributed by atoms with Crippen molar-refractivity contribution in [2.24, 2.45) is 5.73 Å². The molecule has 4 aromatic rings. The van der Waals surface area contributed by atoms with Crippen LogP contribution in [0.5, 0.6) is 0 Å². The molecule has 0 spiro atoms. The molecule has 0 aliphatic carbocycles. The Hall–Kier alpha value is -4.06. The summed E-state index contributed by atoms with van der Waals surface area (Å²) in [7, 11) is 2.21. The first kappa shape index (κ1) is 29.6. The molecule has 236 valence electrons. The lowest BCUT2D eigenvalue weighted by atomic mass is 10.0. The molecule has 11 heteroatoms. The van der Waals surface area contributed by atoms with Crippen LogP contribution in [-0.2, 0) is 4.74 Å². The molecule has 4 N–H and O–H groups in total. The molecule has 3 fully saturated rings. The van der Waals surface area contributed by atoms with E-state index >= 15 is 0 Å². The molecule has 0 radical (unpaired) electrons. The van der Waals surface area contributed by atoms with Crippen LogP contribution in [0.4, 0.5) is 17.2 Å². The summed E-state index contributed by atoms with van der Waals surface area (Å²) in [5, 5.41) is 14.2. The number of nitrogens with one attached hydrogen (secondary N) is 2. The number of nitrogens with two attached hydrogens (primary N) is 1. The molecule has 0 saturated carbocycles. The zero-order chi connectivity index (χ0) is 31.1. The molecule has 11 nitrogen and oxygen atoms in total. The van der Waals surface area contributed by atoms with Gasteiger partial charge >= 0.3 is 0 Å². The third-order valence-electron chi connectivity index (χ3n) is 9.91. The summed E-state index contributed by atoms with van der Waals surface area (Å²) in [5.74, 6) is -0.357. The van der Waals surface area contributed by atoms with Crippen molar-refractivity contribution in [2.75, 3.05) is 69.7 Å². The van der Waals surface area contributed by atoms with E-state index < -0.39 is 5.91 Å². The topological polar surface area (TPSA) is 129 Å². The number of rotatable bonds is 6. The number of piperidine rings is 1. The van der Waals surface area contributed by atoms with E-state index in [1.165, 1.54) is 31.6 Å². The monoisotopic (exact) mass is 609 g/mol. The lowest BCUT2D eigenvalue weighted by Gasteiger charge is -2.42. The fourth-order valence-corrected chi connectivity index (χ4v) is 7.30. The standard InChI is InChI=1S/C34H43N9O2/c1-22-4-3-5-27-28(22)29-34(43(31(27)35)26-12-20-45-21-13-26)39-33(30(38-29)32(36)44)37-23-6-8-24(9-7-23)41-14-10-25(11-15-41)42-18-16-40(2)17-19-42/h3-9,25-26,35H,10-21H2,1-2H3,(H2,36,44)(H,37,39). The Balaban J connectivity index is 1.18. The summed E-state index contributed by atoms with van der Waals surface area (Å²) in [6.07, 6.45) is 3.91. The first-order valence-corrected chi connectivity index (χ1v) is 16.2. The molecule has 3 aliphatic rings. The Kier molecular flexibility index (Phi) is 8.15. The zero-order valence-electron chi connectivity index (χ0n) is 26.3. The number of aryl methyl sites for hydroxylation is 1. The van der Waals surface area contributed by atoms with Gasteiger partial charge in [0.05, 0.1) is 0 Å². The first-order chi connectivity index (χ1) is 21.9. The van der Waals surface area contributed by atoms with Gasteiger partial charge in [0.1, 0.15) is 11.0 Å². The number of carbonyl (C=O) groups is 1. The quantitative estimate of drug-likeness (QED) is 0.282. The van der Waals surface area contributed by atoms with Crippen LogP contribution in [0.25, 0.3) is 21.9 Å². The summed E-state index contributed by atoms with van der Waals surface area (Å²) < 4.78 is 7.60. The maximum absolute atomic E-state index is 12.8. The summed E-state index contributed by atoms with van der Waals surface area (Å²) in [6, 6.07) is 14.9. The van der Waals surface area contributed by atoms with E-state index in [4.69, 9.17) is 20.4 Å². The van der Waals surface area contributed by atoms with Crippen LogP contribution < -0.4 is 21.4 Å². The number of pyridine rings is 1. The summed E-state index contributed by atoms with van der Waals surface area (Å²) in [4.78, 5) is 30.1. The maximum atomic E-state index is 12.8. The Morgan fingerprint density at radius 2 is 1.64 bits per heavy atom. The summed E-state index contributed by atoms with van der Waals surface area (Å²) in [5.41, 5.74) is 10.5. The van der Waals surface area contributed by atoms with E-state index in [9.17, 15) is 10.2 Å². The minimum Gasteiger partial charge on any atom is -0.381 e. The fraction of sp³-hybridized carbons (Fsp3) is 0.471. The number of carbonyl (C=O) groups excluding carboxylic acids is 1. The molecule has 7 rings (SSSR count). The van der Waals surface area contributed by atoms with Crippen molar-refractivity contribution in [1.29, 1.82) is 5.41 Å². The average Bonchev–Trinajstić information content (AvgIpc) is 3.06. The molecule has 1 amide bonds. The fourth-order valence-electron chi connectivity index (χ4n) is 7.30. The molecule has 2 aromatic heterocycles. The van der Waals surface area contributed by atoms with Crippen LogP contribution in [0.15, 0.2) is 42.5 Å². The van der Waals surface area contributed by atoms with Gasteiger partial charge in [0.25, 0.3) is 5.91 Å². The molecule has 2 aromatic carbocycles. The van der Waals surface area contributed by atoms with Gasteiger partial charge in [-0.25, -0.2) is 9.97 Å². The summed E-state index contributed by atoms with van der Waals surface area (Å²) >= 11 is 0. The van der Waals surface area contributed by atoms with Crippen LogP contribution in [0.3, 0.4) is 0 Å². The highest BCUT2D eigenvalue weighted by atomic mass is 16.5. The van der Waals surface area contributed by atoms with E-state index in [0.29, 0.717) is 41.7 Å². The maximum Gasteiger partial charge on any atom is 0.271 e. The van der Waals surface area contributed by atoms with Crippen LogP contribution in [-0.4, -0.2) is 95.8 Å². The van der Waals surface area contributed by atoms with Crippen molar-refractivity contribution in [3.05, 3.63) is 59.2 Å². The second-order valence-corrected chi connectivity index (χ2v) is 12.7. The van der Waals surface area contributed by atoms with E-state index in [0.717, 1.165) is 61.0 Å². The van der Waals surface area contributed by atoms with Crippen molar-refractivity contribution in [1.82, 2.24) is 24.3 Å². The SMILES string of the molecule is Cc1cccc2c(=N)n(C3CCOCC3)c3nc(Nc4ccc(N5CCC(N6CCN(C)CC6)CC5)cc4)c(C(N)=O)nc3c12. The van der Waals surface area contributed by atoms with Gasteiger partial charge in [-0.05, 0) is 69.5 Å². The number of amides is 1. The molecule has 45 heavy (non-hydrogen) atoms. The summed E-state index contributed by atoms with van der Waals surface area (Å²) in [6.45, 7) is 9.98. The van der Waals surface area contributed by atoms with Gasteiger partial charge in [0, 0.05) is 86.7 Å². The molecule has 0 atom stereocenters. The predicted octanol–water partition coefficient (Wildman–Crippen LogP) is 3.78. The van der Waals surface area contributed by atoms with E-state index in [1.807, 2.05) is 41.8 Å². The zero-order valence-corrected chi connectivity index (χ0v) is 26.3. The lowest BCUT2D eigenvalue weighted by Crippen LogP contribution is -2.52. The molecule has 3 aliphatic heterocycles. The molecule has 5 heterocycles. The Morgan fingerprint density at radius 1 is 0.933 bits per heavy atom. The van der Waals surface area contributed by atoms with Gasteiger partial charge in [0.2, 0.25) is 0 Å². The smallest absolute Gasteiger partial charge is 0.271 e. The third kappa shape index (κ3) is 5.76. The molecule has 3 saturated heterocycles. The predicted molar refractivity (Wildman–Crippen MR) is 177 cm³/mol. The van der Waals surface area contributed by atoms with Crippen molar-refractivity contribution in [3.63, 3.8) is 0 Å². The van der Waals surface area contributed by atoms with Crippen molar-refractivity contribution < 1.29 is 9.53 Å². The van der Waals surface area contributed by atoms with Gasteiger partial charge < -0.3 is 30.2 Å². The van der Waals surface area contributed by atoms with E-state index in [-0.39, 0.29) is 11.7 Å². The Morgan fingerprint density at radius 3 is 2.33 bits per heavy atom. The van der Waals surface area contributed by atoms with E-state index in [2.05, 4.69) is 39.2 Å². The largest absolute Gasteiger partial charge is 0.381 e. The number of hydrogen-bond donors (Lipinski definition) is 3. The molecular formula is C34H43N9O2. The number of hydrogen-bond acceptors (Lipinski definition) is 9. The van der Waals surface area contributed by atoms with Crippen molar-refractivity contribution in [3.8, 4) is 0 Å². The van der Waals surface area contributed by atoms with Crippen LogP contribution in [0.1, 0.15) is 47.8 Å². The van der Waals surface area contributed by atoms with E-state index in [1.54, 1.807) is 0 Å². The number of likely N-dealkylation sites (N-methyl/N-ethyl adjacent to an activating group) is 1. The number of piperazine rings is 1. The van der Waals surface area contributed by atoms with Gasteiger partial charge in [-0.3, -0.25) is 15.1 Å². The van der Waals surface area contributed by atoms with Crippen LogP contribution in [0.2, 0.25) is 0 Å². The molecular weight excluding hydrogens is 566 g/mol. The second kappa shape index (κ2) is 12.4. The van der Waals surface area contributed by atoms with Crippen molar-refractivity contribution >= 4 is 45.0 Å². The number of benzene rings is 2. The third-order valence-corrected chi connectivity index (χ3v) is 9.91.